The Balaban J connectivity index is 1.99. The summed E-state index contributed by atoms with van der Waals surface area (Å²) >= 11 is 0. The van der Waals surface area contributed by atoms with Gasteiger partial charge in [0, 0.05) is 23.4 Å². The van der Waals surface area contributed by atoms with Crippen molar-refractivity contribution in [3.63, 3.8) is 0 Å². The molecule has 5 heteroatoms. The summed E-state index contributed by atoms with van der Waals surface area (Å²) in [6.07, 6.45) is 0. The van der Waals surface area contributed by atoms with Gasteiger partial charge in [0.2, 0.25) is 0 Å². The molecule has 0 unspecified atom stereocenters. The van der Waals surface area contributed by atoms with Crippen molar-refractivity contribution in [1.29, 1.82) is 0 Å². The first kappa shape index (κ1) is 21.2. The van der Waals surface area contributed by atoms with E-state index in [4.69, 9.17) is 0 Å². The lowest BCUT2D eigenvalue weighted by atomic mass is 9.95. The van der Waals surface area contributed by atoms with Crippen LogP contribution in [0.5, 0.6) is 0 Å². The molecule has 0 aliphatic heterocycles. The SMILES string of the molecule is CCn1nc(-c2ccccc2)c(-c2ccccc2)c(C(=O)Nc2cccc(C)c2C)c1=O. The second kappa shape index (κ2) is 9.02. The topological polar surface area (TPSA) is 64.0 Å². The average Bonchev–Trinajstić information content (AvgIpc) is 2.82. The van der Waals surface area contributed by atoms with E-state index < -0.39 is 11.5 Å². The number of rotatable bonds is 5. The van der Waals surface area contributed by atoms with Gasteiger partial charge in [0.05, 0.1) is 5.69 Å². The van der Waals surface area contributed by atoms with Crippen LogP contribution in [0.25, 0.3) is 22.4 Å². The van der Waals surface area contributed by atoms with Gasteiger partial charge in [-0.05, 0) is 43.5 Å². The molecule has 0 aliphatic rings. The van der Waals surface area contributed by atoms with Gasteiger partial charge in [0.1, 0.15) is 5.56 Å². The normalized spacial score (nSPS) is 10.7. The number of aryl methyl sites for hydroxylation is 2. The summed E-state index contributed by atoms with van der Waals surface area (Å²) in [5.74, 6) is -0.440. The van der Waals surface area contributed by atoms with Gasteiger partial charge in [0.25, 0.3) is 11.5 Å². The van der Waals surface area contributed by atoms with Crippen molar-refractivity contribution in [2.45, 2.75) is 27.3 Å². The number of amides is 1. The number of nitrogens with zero attached hydrogens (tertiary/aromatic N) is 2. The fraction of sp³-hybridized carbons (Fsp3) is 0.148. The zero-order valence-electron chi connectivity index (χ0n) is 18.4. The van der Waals surface area contributed by atoms with E-state index in [1.165, 1.54) is 4.68 Å². The van der Waals surface area contributed by atoms with Crippen LogP contribution in [0.3, 0.4) is 0 Å². The number of hydrogen-bond acceptors (Lipinski definition) is 3. The molecule has 0 bridgehead atoms. The minimum absolute atomic E-state index is 0.0906. The summed E-state index contributed by atoms with van der Waals surface area (Å²) in [7, 11) is 0. The van der Waals surface area contributed by atoms with Crippen LogP contribution in [0.15, 0.2) is 83.7 Å². The van der Waals surface area contributed by atoms with E-state index in [0.29, 0.717) is 23.5 Å². The molecular formula is C27H25N3O2. The largest absolute Gasteiger partial charge is 0.322 e. The standard InChI is InChI=1S/C27H25N3O2/c1-4-30-27(32)24(26(31)28-22-17-11-12-18(2)19(22)3)23(20-13-7-5-8-14-20)25(29-30)21-15-9-6-10-16-21/h5-17H,4H2,1-3H3,(H,28,31). The van der Waals surface area contributed by atoms with Gasteiger partial charge in [-0.3, -0.25) is 9.59 Å². The van der Waals surface area contributed by atoms with Crippen LogP contribution in [0.4, 0.5) is 5.69 Å². The summed E-state index contributed by atoms with van der Waals surface area (Å²) in [4.78, 5) is 27.0. The molecule has 0 atom stereocenters. The van der Waals surface area contributed by atoms with E-state index in [1.54, 1.807) is 0 Å². The molecule has 0 fully saturated rings. The van der Waals surface area contributed by atoms with Crippen LogP contribution in [-0.4, -0.2) is 15.7 Å². The molecule has 4 rings (SSSR count). The Kier molecular flexibility index (Phi) is 5.99. The third kappa shape index (κ3) is 3.97. The highest BCUT2D eigenvalue weighted by atomic mass is 16.2. The Morgan fingerprint density at radius 2 is 1.50 bits per heavy atom. The van der Waals surface area contributed by atoms with Crippen molar-refractivity contribution >= 4 is 11.6 Å². The fourth-order valence-corrected chi connectivity index (χ4v) is 3.75. The Morgan fingerprint density at radius 3 is 2.12 bits per heavy atom. The van der Waals surface area contributed by atoms with Crippen LogP contribution < -0.4 is 10.9 Å². The van der Waals surface area contributed by atoms with E-state index in [0.717, 1.165) is 22.3 Å². The molecule has 4 aromatic rings. The summed E-state index contributed by atoms with van der Waals surface area (Å²) in [6.45, 7) is 6.15. The number of benzene rings is 3. The van der Waals surface area contributed by atoms with Crippen molar-refractivity contribution < 1.29 is 4.79 Å². The molecule has 3 aromatic carbocycles. The molecule has 1 heterocycles. The highest BCUT2D eigenvalue weighted by Gasteiger charge is 2.25. The average molecular weight is 424 g/mol. The van der Waals surface area contributed by atoms with E-state index in [-0.39, 0.29) is 5.56 Å². The smallest absolute Gasteiger partial charge is 0.280 e. The molecule has 1 amide bonds. The van der Waals surface area contributed by atoms with Gasteiger partial charge >= 0.3 is 0 Å². The first-order valence-electron chi connectivity index (χ1n) is 10.6. The second-order valence-corrected chi connectivity index (χ2v) is 7.65. The summed E-state index contributed by atoms with van der Waals surface area (Å²) < 4.78 is 1.35. The second-order valence-electron chi connectivity index (χ2n) is 7.65. The molecule has 160 valence electrons. The maximum absolute atomic E-state index is 13.6. The number of hydrogen-bond donors (Lipinski definition) is 1. The quantitative estimate of drug-likeness (QED) is 0.463. The third-order valence-corrected chi connectivity index (χ3v) is 5.64. The zero-order chi connectivity index (χ0) is 22.7. The van der Waals surface area contributed by atoms with Crippen molar-refractivity contribution in [1.82, 2.24) is 9.78 Å². The number of anilines is 1. The van der Waals surface area contributed by atoms with Crippen LogP contribution in [0.1, 0.15) is 28.4 Å². The molecule has 0 radical (unpaired) electrons. The van der Waals surface area contributed by atoms with E-state index >= 15 is 0 Å². The van der Waals surface area contributed by atoms with Gasteiger partial charge < -0.3 is 5.32 Å². The highest BCUT2D eigenvalue weighted by molar-refractivity contribution is 6.10. The van der Waals surface area contributed by atoms with Crippen molar-refractivity contribution in [2.24, 2.45) is 0 Å². The van der Waals surface area contributed by atoms with Gasteiger partial charge in [0.15, 0.2) is 0 Å². The Bertz CT molecular complexity index is 1330. The van der Waals surface area contributed by atoms with Gasteiger partial charge in [-0.1, -0.05) is 72.8 Å². The molecule has 5 nitrogen and oxygen atoms in total. The number of carbonyl (C=O) groups excluding carboxylic acids is 1. The lowest BCUT2D eigenvalue weighted by Gasteiger charge is -2.17. The Hall–Kier alpha value is -3.99. The van der Waals surface area contributed by atoms with Crippen LogP contribution >= 0.6 is 0 Å². The fourth-order valence-electron chi connectivity index (χ4n) is 3.75. The van der Waals surface area contributed by atoms with Crippen LogP contribution in [-0.2, 0) is 6.54 Å². The van der Waals surface area contributed by atoms with Gasteiger partial charge in [-0.25, -0.2) is 4.68 Å². The van der Waals surface area contributed by atoms with Crippen LogP contribution in [0, 0.1) is 13.8 Å². The van der Waals surface area contributed by atoms with Crippen molar-refractivity contribution in [3.05, 3.63) is 106 Å². The van der Waals surface area contributed by atoms with E-state index in [1.807, 2.05) is 99.6 Å². The Labute approximate surface area is 187 Å². The first-order chi connectivity index (χ1) is 15.5. The molecular weight excluding hydrogens is 398 g/mol. The van der Waals surface area contributed by atoms with Crippen molar-refractivity contribution in [3.8, 4) is 22.4 Å². The van der Waals surface area contributed by atoms with E-state index in [2.05, 4.69) is 10.4 Å². The Morgan fingerprint density at radius 1 is 0.875 bits per heavy atom. The van der Waals surface area contributed by atoms with Gasteiger partial charge in [-0.15, -0.1) is 0 Å². The number of nitrogens with one attached hydrogen (secondary N) is 1. The molecule has 1 aromatic heterocycles. The van der Waals surface area contributed by atoms with Crippen molar-refractivity contribution in [2.75, 3.05) is 5.32 Å². The monoisotopic (exact) mass is 423 g/mol. The lowest BCUT2D eigenvalue weighted by Crippen LogP contribution is -2.32. The van der Waals surface area contributed by atoms with Crippen LogP contribution in [0.2, 0.25) is 0 Å². The maximum atomic E-state index is 13.6. The molecule has 1 N–H and O–H groups in total. The number of carbonyl (C=O) groups is 1. The third-order valence-electron chi connectivity index (χ3n) is 5.64. The van der Waals surface area contributed by atoms with E-state index in [9.17, 15) is 9.59 Å². The predicted octanol–water partition coefficient (Wildman–Crippen LogP) is 5.47. The zero-order valence-corrected chi connectivity index (χ0v) is 18.4. The molecule has 32 heavy (non-hydrogen) atoms. The highest BCUT2D eigenvalue weighted by Crippen LogP contribution is 2.32. The summed E-state index contributed by atoms with van der Waals surface area (Å²) in [5, 5.41) is 7.61. The maximum Gasteiger partial charge on any atom is 0.280 e. The molecule has 0 aliphatic carbocycles. The minimum atomic E-state index is -0.440. The summed E-state index contributed by atoms with van der Waals surface area (Å²) in [6, 6.07) is 24.8. The minimum Gasteiger partial charge on any atom is -0.322 e. The molecule has 0 spiro atoms. The lowest BCUT2D eigenvalue weighted by molar-refractivity contribution is 0.102. The molecule has 0 saturated carbocycles. The van der Waals surface area contributed by atoms with Gasteiger partial charge in [-0.2, -0.15) is 5.10 Å². The summed E-state index contributed by atoms with van der Waals surface area (Å²) in [5.41, 5.74) is 5.15. The number of aromatic nitrogens is 2. The first-order valence-corrected chi connectivity index (χ1v) is 10.6. The molecule has 0 saturated heterocycles. The predicted molar refractivity (Wildman–Crippen MR) is 129 cm³/mol.